The van der Waals surface area contributed by atoms with E-state index in [4.69, 9.17) is 15.1 Å². The second-order valence-corrected chi connectivity index (χ2v) is 10.7. The summed E-state index contributed by atoms with van der Waals surface area (Å²) in [7, 11) is 0. The van der Waals surface area contributed by atoms with E-state index in [1.807, 2.05) is 0 Å². The van der Waals surface area contributed by atoms with Gasteiger partial charge in [-0.1, -0.05) is 96.8 Å². The van der Waals surface area contributed by atoms with Gasteiger partial charge in [-0.15, -0.1) is 0 Å². The van der Waals surface area contributed by atoms with E-state index in [0.717, 1.165) is 10.6 Å². The summed E-state index contributed by atoms with van der Waals surface area (Å²) in [5.74, 6) is 0. The maximum atomic E-state index is 10.0. The first-order valence-electron chi connectivity index (χ1n) is 23.5. The minimum Gasteiger partial charge on any atom is -0.309 e. The zero-order valence-electron chi connectivity index (χ0n) is 41.8. The van der Waals surface area contributed by atoms with Crippen molar-refractivity contribution in [1.29, 1.82) is 0 Å². The minimum absolute atomic E-state index is 0.0103. The van der Waals surface area contributed by atoms with E-state index in [2.05, 4.69) is 0 Å². The first kappa shape index (κ1) is 12.1. The van der Waals surface area contributed by atoms with Gasteiger partial charge in [0.15, 0.2) is 0 Å². The highest BCUT2D eigenvalue weighted by Gasteiger charge is 2.22. The topological polar surface area (TPSA) is 14.3 Å². The number of benzene rings is 7. The number of hydrogen-bond acceptors (Lipinski definition) is 0. The Hall–Kier alpha value is -6.06. The number of nitrogens with zero attached hydrogens (tertiary/aromatic N) is 3. The molecule has 4 aromatic heterocycles. The minimum atomic E-state index is -0.752. The van der Waals surface area contributed by atoms with Crippen molar-refractivity contribution in [3.8, 4) is 11.4 Å². The van der Waals surface area contributed by atoms with Crippen molar-refractivity contribution in [1.82, 2.24) is 13.5 Å². The Morgan fingerprint density at radius 3 is 1.60 bits per heavy atom. The van der Waals surface area contributed by atoms with E-state index in [9.17, 15) is 11.0 Å². The van der Waals surface area contributed by atoms with Gasteiger partial charge < -0.3 is 13.5 Å². The van der Waals surface area contributed by atoms with Gasteiger partial charge in [0, 0.05) is 54.5 Å². The second kappa shape index (κ2) is 8.31. The van der Waals surface area contributed by atoms with Crippen LogP contribution in [0.2, 0.25) is 0 Å². The lowest BCUT2D eigenvalue weighted by Gasteiger charge is -2.10. The zero-order chi connectivity index (χ0) is 45.8. The standard InChI is InChI=1S/C42H25N3/c1-2-11-26(12-3-1)43-35-19-8-5-14-32(35)40-37(43)23-24-38-41(40)33-15-6-9-20-36(33)44(38)27-21-22-29-31-17-10-16-30-28-13-4-7-18-34(28)45(42(30)31)39(29)25-27/h1-25H/i4D,5D,6D,7D,8D,9D,13D,14D,15D,16D,17D,18D,19D,20D,21D,22D,23D,24D,25D. The molecule has 4 heterocycles. The smallest absolute Gasteiger partial charge is 0.0667 e. The molecule has 0 amide bonds. The Labute approximate surface area is 284 Å². The average molecular weight is 591 g/mol. The highest BCUT2D eigenvalue weighted by molar-refractivity contribution is 6.29. The first-order valence-corrected chi connectivity index (χ1v) is 14.0. The van der Waals surface area contributed by atoms with Gasteiger partial charge in [-0.2, -0.15) is 0 Å². The second-order valence-electron chi connectivity index (χ2n) is 10.7. The van der Waals surface area contributed by atoms with Crippen LogP contribution >= 0.6 is 0 Å². The van der Waals surface area contributed by atoms with Gasteiger partial charge >= 0.3 is 0 Å². The molecule has 11 aromatic rings. The summed E-state index contributed by atoms with van der Waals surface area (Å²) in [6.07, 6.45) is 0. The Morgan fingerprint density at radius 2 is 0.933 bits per heavy atom. The van der Waals surface area contributed by atoms with Crippen molar-refractivity contribution in [3.05, 3.63) is 151 Å². The highest BCUT2D eigenvalue weighted by atomic mass is 15.0. The van der Waals surface area contributed by atoms with Crippen molar-refractivity contribution in [2.45, 2.75) is 0 Å². The molecule has 7 aromatic carbocycles. The summed E-state index contributed by atoms with van der Waals surface area (Å²) in [5, 5.41) is -0.883. The van der Waals surface area contributed by atoms with Crippen molar-refractivity contribution in [2.75, 3.05) is 0 Å². The molecule has 0 spiro atoms. The predicted octanol–water partition coefficient (Wildman–Crippen LogP) is 11.0. The fourth-order valence-corrected chi connectivity index (χ4v) is 6.78. The Kier molecular flexibility index (Phi) is 2.24. The van der Waals surface area contributed by atoms with Crippen LogP contribution in [0.25, 0.3) is 93.1 Å². The van der Waals surface area contributed by atoms with Crippen LogP contribution in [0.1, 0.15) is 26.0 Å². The average Bonchev–Trinajstić information content (AvgIpc) is 4.02. The molecule has 0 N–H and O–H groups in total. The lowest BCUT2D eigenvalue weighted by molar-refractivity contribution is 1.17. The summed E-state index contributed by atoms with van der Waals surface area (Å²) >= 11 is 0. The van der Waals surface area contributed by atoms with E-state index < -0.39 is 114 Å². The Bertz CT molecular complexity index is 4050. The van der Waals surface area contributed by atoms with Gasteiger partial charge in [0.05, 0.1) is 64.7 Å². The maximum absolute atomic E-state index is 10.0. The Morgan fingerprint density at radius 1 is 0.378 bits per heavy atom. The molecule has 0 unspecified atom stereocenters. The third kappa shape index (κ3) is 2.86. The molecule has 0 atom stereocenters. The summed E-state index contributed by atoms with van der Waals surface area (Å²) in [6, 6.07) is -1.61. The van der Waals surface area contributed by atoms with Gasteiger partial charge in [-0.25, -0.2) is 0 Å². The van der Waals surface area contributed by atoms with Crippen molar-refractivity contribution in [3.63, 3.8) is 0 Å². The van der Waals surface area contributed by atoms with Gasteiger partial charge in [0.25, 0.3) is 0 Å². The van der Waals surface area contributed by atoms with Crippen LogP contribution in [0, 0.1) is 0 Å². The normalized spacial score (nSPS) is 18.4. The van der Waals surface area contributed by atoms with Crippen molar-refractivity contribution < 1.29 is 26.0 Å². The lowest BCUT2D eigenvalue weighted by Crippen LogP contribution is -1.95. The zero-order valence-corrected chi connectivity index (χ0v) is 22.8. The molecular weight excluding hydrogens is 546 g/mol. The van der Waals surface area contributed by atoms with Crippen LogP contribution < -0.4 is 0 Å². The fraction of sp³-hybridized carbons (Fsp3) is 0. The predicted molar refractivity (Wildman–Crippen MR) is 190 cm³/mol. The molecule has 11 rings (SSSR count). The summed E-state index contributed by atoms with van der Waals surface area (Å²) in [6.45, 7) is 0. The van der Waals surface area contributed by atoms with Crippen LogP contribution in [0.4, 0.5) is 0 Å². The molecule has 208 valence electrons. The molecule has 3 nitrogen and oxygen atoms in total. The van der Waals surface area contributed by atoms with E-state index in [0.29, 0.717) is 5.69 Å². The van der Waals surface area contributed by atoms with E-state index in [-0.39, 0.29) is 88.3 Å². The highest BCUT2D eigenvalue weighted by Crippen LogP contribution is 2.44. The van der Waals surface area contributed by atoms with Crippen molar-refractivity contribution in [2.24, 2.45) is 0 Å². The fourth-order valence-electron chi connectivity index (χ4n) is 6.78. The number of aromatic nitrogens is 3. The van der Waals surface area contributed by atoms with Crippen molar-refractivity contribution >= 4 is 81.7 Å². The molecule has 3 heteroatoms. The third-order valence-electron chi connectivity index (χ3n) is 8.52. The number of para-hydroxylation sites is 5. The molecule has 0 aliphatic carbocycles. The molecule has 0 aliphatic rings. The Balaban J connectivity index is 1.47. The molecule has 0 saturated carbocycles. The molecule has 45 heavy (non-hydrogen) atoms. The van der Waals surface area contributed by atoms with Gasteiger partial charge in [0.1, 0.15) is 0 Å². The third-order valence-corrected chi connectivity index (χ3v) is 8.52. The van der Waals surface area contributed by atoms with Crippen LogP contribution in [0.15, 0.2) is 151 Å². The SMILES string of the molecule is [2H]c1c([2H])c([2H])c2c(c1[2H])c1c3c4c([2H])c([2H])c([2H])c([2H])c4n(-c4c([2H])c([2H])c5c6c([2H])cc([2H])c7c8c([2H])c([2H])c([2H])c([2H])c8n(c5c4[2H])c76)c3c([2H])c([2H])c1n2-c1ccccc1. The van der Waals surface area contributed by atoms with Crippen LogP contribution in [0.3, 0.4) is 0 Å². The molecule has 0 radical (unpaired) electrons. The molecule has 0 bridgehead atoms. The van der Waals surface area contributed by atoms with Crippen LogP contribution in [-0.4, -0.2) is 13.5 Å². The summed E-state index contributed by atoms with van der Waals surface area (Å²) in [5.41, 5.74) is -1.50. The van der Waals surface area contributed by atoms with Crippen LogP contribution in [-0.2, 0) is 0 Å². The molecule has 0 aliphatic heterocycles. The quantitative estimate of drug-likeness (QED) is 0.190. The van der Waals surface area contributed by atoms with Crippen LogP contribution in [0.5, 0.6) is 0 Å². The number of hydrogen-bond donors (Lipinski definition) is 0. The first-order chi connectivity index (χ1) is 30.3. The molecule has 0 fully saturated rings. The monoisotopic (exact) mass is 590 g/mol. The molecule has 0 saturated heterocycles. The molecular formula is C42H25N3. The lowest BCUT2D eigenvalue weighted by atomic mass is 10.1. The largest absolute Gasteiger partial charge is 0.309 e. The van der Waals surface area contributed by atoms with E-state index in [1.165, 1.54) is 8.97 Å². The van der Waals surface area contributed by atoms with E-state index in [1.54, 1.807) is 30.3 Å². The number of rotatable bonds is 2. The van der Waals surface area contributed by atoms with Gasteiger partial charge in [0.2, 0.25) is 0 Å². The van der Waals surface area contributed by atoms with E-state index >= 15 is 0 Å². The number of fused-ring (bicyclic) bond motifs is 13. The summed E-state index contributed by atoms with van der Waals surface area (Å²) in [4.78, 5) is 0. The van der Waals surface area contributed by atoms with Gasteiger partial charge in [-0.3, -0.25) is 0 Å². The maximum Gasteiger partial charge on any atom is 0.0667 e. The summed E-state index contributed by atoms with van der Waals surface area (Å²) < 4.78 is 177. The van der Waals surface area contributed by atoms with Gasteiger partial charge in [-0.05, 0) is 54.4 Å².